The molecule has 3 rings (SSSR count). The van der Waals surface area contributed by atoms with E-state index in [9.17, 15) is 9.59 Å². The topological polar surface area (TPSA) is 88.8 Å². The minimum absolute atomic E-state index is 0.0571. The first-order valence-electron chi connectivity index (χ1n) is 7.17. The summed E-state index contributed by atoms with van der Waals surface area (Å²) in [6, 6.07) is -0.152. The molecule has 21 heavy (non-hydrogen) atoms. The van der Waals surface area contributed by atoms with Crippen molar-refractivity contribution in [3.63, 3.8) is 0 Å². The molecular formula is C13H18N4O4. The summed E-state index contributed by atoms with van der Waals surface area (Å²) in [4.78, 5) is 31.6. The van der Waals surface area contributed by atoms with Crippen LogP contribution in [0.3, 0.4) is 0 Å². The number of ether oxygens (including phenoxy) is 1. The number of aromatic nitrogens is 2. The molecule has 1 atom stereocenters. The highest BCUT2D eigenvalue weighted by Crippen LogP contribution is 2.28. The average Bonchev–Trinajstić information content (AvgIpc) is 3.04. The van der Waals surface area contributed by atoms with Crippen LogP contribution in [0.2, 0.25) is 0 Å². The van der Waals surface area contributed by atoms with Crippen molar-refractivity contribution in [1.82, 2.24) is 19.9 Å². The van der Waals surface area contributed by atoms with Crippen molar-refractivity contribution >= 4 is 11.8 Å². The van der Waals surface area contributed by atoms with E-state index in [1.54, 1.807) is 9.80 Å². The predicted octanol–water partition coefficient (Wildman–Crippen LogP) is -0.0180. The number of carbonyl (C=O) groups is 2. The summed E-state index contributed by atoms with van der Waals surface area (Å²) in [6.45, 7) is 1.76. The fraction of sp³-hybridized carbons (Fsp3) is 0.692. The second kappa shape index (κ2) is 6.21. The standard InChI is InChI=1S/C13H18N4O4/c18-11(7-16-5-6-20-8-12(16)19)17-4-2-1-3-10(17)13-14-9-21-15-13/h9-10H,1-8H2/t10-/m0/s1. The minimum atomic E-state index is -0.152. The summed E-state index contributed by atoms with van der Waals surface area (Å²) in [5, 5.41) is 3.85. The lowest BCUT2D eigenvalue weighted by atomic mass is 10.0. The molecule has 0 spiro atoms. The lowest BCUT2D eigenvalue weighted by Crippen LogP contribution is -2.49. The molecule has 0 radical (unpaired) electrons. The molecular weight excluding hydrogens is 276 g/mol. The molecule has 0 bridgehead atoms. The number of morpholine rings is 1. The lowest BCUT2D eigenvalue weighted by molar-refractivity contribution is -0.150. The zero-order valence-corrected chi connectivity index (χ0v) is 11.7. The van der Waals surface area contributed by atoms with Crippen LogP contribution in [0.1, 0.15) is 31.1 Å². The van der Waals surface area contributed by atoms with E-state index >= 15 is 0 Å². The number of piperidine rings is 1. The summed E-state index contributed by atoms with van der Waals surface area (Å²) in [6.07, 6.45) is 4.08. The van der Waals surface area contributed by atoms with E-state index in [1.165, 1.54) is 6.39 Å². The fourth-order valence-electron chi connectivity index (χ4n) is 2.80. The summed E-state index contributed by atoms with van der Waals surface area (Å²) < 4.78 is 9.85. The first-order valence-corrected chi connectivity index (χ1v) is 7.17. The van der Waals surface area contributed by atoms with Crippen molar-refractivity contribution in [2.24, 2.45) is 0 Å². The van der Waals surface area contributed by atoms with Gasteiger partial charge in [-0.1, -0.05) is 5.16 Å². The zero-order chi connectivity index (χ0) is 14.7. The van der Waals surface area contributed by atoms with E-state index in [0.29, 0.717) is 25.5 Å². The number of hydrogen-bond donors (Lipinski definition) is 0. The molecule has 0 aromatic carbocycles. The van der Waals surface area contributed by atoms with Crippen LogP contribution in [0.4, 0.5) is 0 Å². The summed E-state index contributed by atoms with van der Waals surface area (Å²) >= 11 is 0. The second-order valence-electron chi connectivity index (χ2n) is 5.26. The highest BCUT2D eigenvalue weighted by Gasteiger charge is 2.32. The summed E-state index contributed by atoms with van der Waals surface area (Å²) in [5.41, 5.74) is 0. The molecule has 2 aliphatic heterocycles. The Morgan fingerprint density at radius 2 is 2.29 bits per heavy atom. The van der Waals surface area contributed by atoms with Crippen LogP contribution >= 0.6 is 0 Å². The average molecular weight is 294 g/mol. The van der Waals surface area contributed by atoms with Crippen LogP contribution in [0.25, 0.3) is 0 Å². The number of nitrogens with zero attached hydrogens (tertiary/aromatic N) is 4. The van der Waals surface area contributed by atoms with Gasteiger partial charge in [-0.05, 0) is 19.3 Å². The molecule has 0 unspecified atom stereocenters. The molecule has 3 heterocycles. The second-order valence-corrected chi connectivity index (χ2v) is 5.26. The normalized spacial score (nSPS) is 23.4. The van der Waals surface area contributed by atoms with Crippen molar-refractivity contribution in [1.29, 1.82) is 0 Å². The molecule has 2 saturated heterocycles. The van der Waals surface area contributed by atoms with E-state index in [4.69, 9.17) is 9.26 Å². The van der Waals surface area contributed by atoms with E-state index in [1.807, 2.05) is 0 Å². The third-order valence-electron chi connectivity index (χ3n) is 3.91. The van der Waals surface area contributed by atoms with Gasteiger partial charge >= 0.3 is 0 Å². The molecule has 114 valence electrons. The Hall–Kier alpha value is -1.96. The summed E-state index contributed by atoms with van der Waals surface area (Å²) in [5.74, 6) is 0.332. The lowest BCUT2D eigenvalue weighted by Gasteiger charge is -2.36. The Labute approximate surface area is 122 Å². The van der Waals surface area contributed by atoms with Gasteiger partial charge in [0.2, 0.25) is 18.2 Å². The van der Waals surface area contributed by atoms with Crippen molar-refractivity contribution in [2.75, 3.05) is 32.8 Å². The third kappa shape index (κ3) is 3.05. The molecule has 0 N–H and O–H groups in total. The van der Waals surface area contributed by atoms with Gasteiger partial charge in [0.05, 0.1) is 19.2 Å². The van der Waals surface area contributed by atoms with E-state index in [0.717, 1.165) is 19.3 Å². The van der Waals surface area contributed by atoms with Crippen LogP contribution in [0.5, 0.6) is 0 Å². The smallest absolute Gasteiger partial charge is 0.249 e. The molecule has 2 amide bonds. The zero-order valence-electron chi connectivity index (χ0n) is 11.7. The molecule has 1 aromatic heterocycles. The first kappa shape index (κ1) is 14.0. The van der Waals surface area contributed by atoms with Gasteiger partial charge in [-0.25, -0.2) is 0 Å². The van der Waals surface area contributed by atoms with Crippen LogP contribution in [0.15, 0.2) is 10.9 Å². The van der Waals surface area contributed by atoms with Crippen molar-refractivity contribution in [2.45, 2.75) is 25.3 Å². The van der Waals surface area contributed by atoms with Gasteiger partial charge in [0.15, 0.2) is 5.82 Å². The van der Waals surface area contributed by atoms with Crippen molar-refractivity contribution in [3.8, 4) is 0 Å². The van der Waals surface area contributed by atoms with Crippen LogP contribution in [-0.4, -0.2) is 64.6 Å². The van der Waals surface area contributed by atoms with E-state index in [2.05, 4.69) is 10.1 Å². The Morgan fingerprint density at radius 3 is 3.05 bits per heavy atom. The Balaban J connectivity index is 1.68. The van der Waals surface area contributed by atoms with Crippen molar-refractivity contribution in [3.05, 3.63) is 12.2 Å². The largest absolute Gasteiger partial charge is 0.370 e. The van der Waals surface area contributed by atoms with Gasteiger partial charge in [0.1, 0.15) is 6.61 Å². The molecule has 8 nitrogen and oxygen atoms in total. The molecule has 1 aromatic rings. The number of amides is 2. The van der Waals surface area contributed by atoms with E-state index in [-0.39, 0.29) is 31.0 Å². The summed E-state index contributed by atoms with van der Waals surface area (Å²) in [7, 11) is 0. The maximum atomic E-state index is 12.5. The number of carbonyl (C=O) groups excluding carboxylic acids is 2. The van der Waals surface area contributed by atoms with Gasteiger partial charge in [-0.15, -0.1) is 0 Å². The number of hydrogen-bond acceptors (Lipinski definition) is 6. The van der Waals surface area contributed by atoms with Gasteiger partial charge in [-0.2, -0.15) is 4.98 Å². The monoisotopic (exact) mass is 294 g/mol. The minimum Gasteiger partial charge on any atom is -0.370 e. The fourth-order valence-corrected chi connectivity index (χ4v) is 2.80. The third-order valence-corrected chi connectivity index (χ3v) is 3.91. The molecule has 2 aliphatic rings. The molecule has 8 heteroatoms. The Morgan fingerprint density at radius 1 is 1.38 bits per heavy atom. The van der Waals surface area contributed by atoms with Gasteiger partial charge in [0, 0.05) is 13.1 Å². The maximum absolute atomic E-state index is 12.5. The Bertz CT molecular complexity index is 504. The number of rotatable bonds is 3. The molecule has 2 fully saturated rings. The first-order chi connectivity index (χ1) is 10.3. The predicted molar refractivity (Wildman–Crippen MR) is 70.0 cm³/mol. The highest BCUT2D eigenvalue weighted by molar-refractivity contribution is 5.86. The molecule has 0 saturated carbocycles. The van der Waals surface area contributed by atoms with Crippen LogP contribution in [0, 0.1) is 0 Å². The molecule has 0 aliphatic carbocycles. The highest BCUT2D eigenvalue weighted by atomic mass is 16.5. The quantitative estimate of drug-likeness (QED) is 0.778. The number of likely N-dealkylation sites (tertiary alicyclic amines) is 1. The van der Waals surface area contributed by atoms with E-state index < -0.39 is 0 Å². The van der Waals surface area contributed by atoms with Crippen molar-refractivity contribution < 1.29 is 18.8 Å². The maximum Gasteiger partial charge on any atom is 0.249 e. The van der Waals surface area contributed by atoms with Gasteiger partial charge in [0.25, 0.3) is 0 Å². The van der Waals surface area contributed by atoms with Gasteiger partial charge in [-0.3, -0.25) is 9.59 Å². The van der Waals surface area contributed by atoms with Gasteiger partial charge < -0.3 is 19.1 Å². The SMILES string of the molecule is O=C1COCCN1CC(=O)N1CCCC[C@H]1c1ncon1. The van der Waals surface area contributed by atoms with Crippen LogP contribution < -0.4 is 0 Å². The Kier molecular flexibility index (Phi) is 4.14. The van der Waals surface area contributed by atoms with Crippen LogP contribution in [-0.2, 0) is 14.3 Å².